The van der Waals surface area contributed by atoms with Gasteiger partial charge in [-0.2, -0.15) is 0 Å². The lowest BCUT2D eigenvalue weighted by Crippen LogP contribution is -2.36. The molecule has 0 aromatic carbocycles. The van der Waals surface area contributed by atoms with Crippen LogP contribution in [0, 0.1) is 13.8 Å². The van der Waals surface area contributed by atoms with E-state index in [-0.39, 0.29) is 0 Å². The first-order chi connectivity index (χ1) is 9.08. The number of fused-ring (bicyclic) bond motifs is 1. The van der Waals surface area contributed by atoms with Crippen molar-refractivity contribution in [1.29, 1.82) is 0 Å². The second-order valence-electron chi connectivity index (χ2n) is 4.88. The highest BCUT2D eigenvalue weighted by molar-refractivity contribution is 7.17. The van der Waals surface area contributed by atoms with Gasteiger partial charge < -0.3 is 10.0 Å². The highest BCUT2D eigenvalue weighted by Crippen LogP contribution is 2.35. The molecular formula is C13H15N3O2S. The minimum atomic E-state index is -0.769. The van der Waals surface area contributed by atoms with Crippen LogP contribution in [-0.2, 0) is 4.79 Å². The van der Waals surface area contributed by atoms with E-state index in [2.05, 4.69) is 9.97 Å². The predicted octanol–water partition coefficient (Wildman–Crippen LogP) is 2.36. The number of anilines is 1. The molecule has 0 radical (unpaired) electrons. The number of thiophene rings is 1. The molecule has 1 saturated heterocycles. The van der Waals surface area contributed by atoms with Gasteiger partial charge in [0.05, 0.1) is 5.39 Å². The molecule has 6 heteroatoms. The Morgan fingerprint density at radius 1 is 1.47 bits per heavy atom. The maximum atomic E-state index is 11.3. The Hall–Kier alpha value is -1.69. The van der Waals surface area contributed by atoms with E-state index in [0.717, 1.165) is 34.6 Å². The molecule has 1 atom stereocenters. The average molecular weight is 277 g/mol. The van der Waals surface area contributed by atoms with Crippen molar-refractivity contribution in [3.8, 4) is 0 Å². The first-order valence-electron chi connectivity index (χ1n) is 6.30. The molecule has 1 fully saturated rings. The molecule has 0 bridgehead atoms. The van der Waals surface area contributed by atoms with Crippen molar-refractivity contribution >= 4 is 33.3 Å². The van der Waals surface area contributed by atoms with Gasteiger partial charge in [-0.05, 0) is 37.6 Å². The van der Waals surface area contributed by atoms with Crippen molar-refractivity contribution in [2.75, 3.05) is 11.4 Å². The molecule has 100 valence electrons. The maximum Gasteiger partial charge on any atom is 0.326 e. The number of rotatable bonds is 2. The fourth-order valence-electron chi connectivity index (χ4n) is 2.65. The number of hydrogen-bond donors (Lipinski definition) is 1. The van der Waals surface area contributed by atoms with E-state index in [1.165, 1.54) is 0 Å². The fraction of sp³-hybridized carbons (Fsp3) is 0.462. The van der Waals surface area contributed by atoms with Gasteiger partial charge in [-0.3, -0.25) is 0 Å². The lowest BCUT2D eigenvalue weighted by Gasteiger charge is -2.23. The highest BCUT2D eigenvalue weighted by Gasteiger charge is 2.33. The summed E-state index contributed by atoms with van der Waals surface area (Å²) in [7, 11) is 0. The minimum absolute atomic E-state index is 0.461. The van der Waals surface area contributed by atoms with E-state index in [1.807, 2.05) is 24.1 Å². The third-order valence-electron chi connectivity index (χ3n) is 3.52. The molecule has 1 aliphatic heterocycles. The van der Waals surface area contributed by atoms with Gasteiger partial charge in [0.15, 0.2) is 0 Å². The number of hydrogen-bond acceptors (Lipinski definition) is 5. The van der Waals surface area contributed by atoms with Gasteiger partial charge in [-0.1, -0.05) is 0 Å². The molecule has 0 aliphatic carbocycles. The number of carbonyl (C=O) groups is 1. The van der Waals surface area contributed by atoms with Crippen LogP contribution < -0.4 is 4.90 Å². The summed E-state index contributed by atoms with van der Waals surface area (Å²) in [5.41, 5.74) is 1.12. The van der Waals surface area contributed by atoms with Crippen LogP contribution in [-0.4, -0.2) is 33.6 Å². The monoisotopic (exact) mass is 277 g/mol. The van der Waals surface area contributed by atoms with Crippen molar-refractivity contribution in [1.82, 2.24) is 9.97 Å². The Balaban J connectivity index is 2.18. The lowest BCUT2D eigenvalue weighted by atomic mass is 10.2. The zero-order valence-electron chi connectivity index (χ0n) is 10.9. The van der Waals surface area contributed by atoms with Crippen molar-refractivity contribution < 1.29 is 9.90 Å². The molecule has 0 saturated carbocycles. The van der Waals surface area contributed by atoms with Gasteiger partial charge in [0, 0.05) is 6.54 Å². The number of carboxylic acids is 1. The number of carboxylic acid groups (broad SMARTS) is 1. The molecule has 0 amide bonds. The highest BCUT2D eigenvalue weighted by atomic mass is 32.1. The third kappa shape index (κ3) is 1.96. The van der Waals surface area contributed by atoms with Gasteiger partial charge in [0.25, 0.3) is 0 Å². The van der Waals surface area contributed by atoms with Crippen LogP contribution in [0.1, 0.15) is 24.2 Å². The molecule has 3 rings (SSSR count). The Morgan fingerprint density at radius 3 is 3.00 bits per heavy atom. The number of aliphatic carboxylic acids is 1. The van der Waals surface area contributed by atoms with Crippen LogP contribution in [0.2, 0.25) is 0 Å². The van der Waals surface area contributed by atoms with Gasteiger partial charge in [-0.15, -0.1) is 11.3 Å². The number of nitrogens with zero attached hydrogens (tertiary/aromatic N) is 3. The summed E-state index contributed by atoms with van der Waals surface area (Å²) in [6.07, 6.45) is 1.58. The Labute approximate surface area is 114 Å². The second-order valence-corrected chi connectivity index (χ2v) is 5.74. The van der Waals surface area contributed by atoms with Gasteiger partial charge in [0.1, 0.15) is 22.5 Å². The van der Waals surface area contributed by atoms with E-state index in [9.17, 15) is 9.90 Å². The Morgan fingerprint density at radius 2 is 2.26 bits per heavy atom. The smallest absolute Gasteiger partial charge is 0.326 e. The molecule has 1 unspecified atom stereocenters. The first kappa shape index (κ1) is 12.3. The molecule has 2 aromatic rings. The van der Waals surface area contributed by atoms with Gasteiger partial charge in [-0.25, -0.2) is 14.8 Å². The zero-order valence-corrected chi connectivity index (χ0v) is 11.7. The van der Waals surface area contributed by atoms with Gasteiger partial charge in [0.2, 0.25) is 0 Å². The van der Waals surface area contributed by atoms with E-state index >= 15 is 0 Å². The van der Waals surface area contributed by atoms with Gasteiger partial charge >= 0.3 is 5.97 Å². The predicted molar refractivity (Wildman–Crippen MR) is 74.9 cm³/mol. The van der Waals surface area contributed by atoms with Crippen LogP contribution in [0.25, 0.3) is 10.2 Å². The maximum absolute atomic E-state index is 11.3. The normalized spacial score (nSPS) is 19.3. The second kappa shape index (κ2) is 4.45. The topological polar surface area (TPSA) is 66.3 Å². The summed E-state index contributed by atoms with van der Waals surface area (Å²) < 4.78 is 0. The van der Waals surface area contributed by atoms with E-state index in [1.54, 1.807) is 11.3 Å². The van der Waals surface area contributed by atoms with Crippen LogP contribution in [0.4, 0.5) is 5.82 Å². The number of aryl methyl sites for hydroxylation is 2. The van der Waals surface area contributed by atoms with Crippen LogP contribution >= 0.6 is 11.3 Å². The Bertz CT molecular complexity index is 653. The summed E-state index contributed by atoms with van der Waals surface area (Å²) in [5.74, 6) is 0.710. The quantitative estimate of drug-likeness (QED) is 0.912. The van der Waals surface area contributed by atoms with Crippen LogP contribution in [0.3, 0.4) is 0 Å². The van der Waals surface area contributed by atoms with Crippen molar-refractivity contribution in [3.63, 3.8) is 0 Å². The number of aromatic nitrogens is 2. The molecule has 3 heterocycles. The molecule has 0 spiro atoms. The van der Waals surface area contributed by atoms with Crippen molar-refractivity contribution in [2.45, 2.75) is 32.7 Å². The summed E-state index contributed by atoms with van der Waals surface area (Å²) in [6.45, 7) is 4.62. The molecule has 1 N–H and O–H groups in total. The summed E-state index contributed by atoms with van der Waals surface area (Å²) in [5, 5.41) is 12.4. The Kier molecular flexibility index (Phi) is 2.89. The fourth-order valence-corrected chi connectivity index (χ4v) is 3.61. The van der Waals surface area contributed by atoms with E-state index in [0.29, 0.717) is 12.2 Å². The van der Waals surface area contributed by atoms with Crippen molar-refractivity contribution in [2.24, 2.45) is 0 Å². The zero-order chi connectivity index (χ0) is 13.6. The lowest BCUT2D eigenvalue weighted by molar-refractivity contribution is -0.138. The molecule has 19 heavy (non-hydrogen) atoms. The van der Waals surface area contributed by atoms with E-state index in [4.69, 9.17) is 0 Å². The van der Waals surface area contributed by atoms with E-state index < -0.39 is 12.0 Å². The first-order valence-corrected chi connectivity index (χ1v) is 7.18. The summed E-state index contributed by atoms with van der Waals surface area (Å²) in [6, 6.07) is -0.461. The largest absolute Gasteiger partial charge is 0.480 e. The van der Waals surface area contributed by atoms with Crippen molar-refractivity contribution in [3.05, 3.63) is 16.8 Å². The standard InChI is InChI=1S/C13H15N3O2S/c1-7-6-19-12-10(7)11(14-8(2)15-12)16-5-3-4-9(16)13(17)18/h6,9H,3-5H2,1-2H3,(H,17,18). The molecular weight excluding hydrogens is 262 g/mol. The molecule has 2 aromatic heterocycles. The third-order valence-corrected chi connectivity index (χ3v) is 4.51. The van der Waals surface area contributed by atoms with Crippen LogP contribution in [0.15, 0.2) is 5.38 Å². The minimum Gasteiger partial charge on any atom is -0.480 e. The molecule has 5 nitrogen and oxygen atoms in total. The van der Waals surface area contributed by atoms with Crippen LogP contribution in [0.5, 0.6) is 0 Å². The summed E-state index contributed by atoms with van der Waals surface area (Å²) in [4.78, 5) is 23.1. The average Bonchev–Trinajstić information content (AvgIpc) is 2.95. The SMILES string of the molecule is Cc1nc(N2CCCC2C(=O)O)c2c(C)csc2n1. The molecule has 1 aliphatic rings. The summed E-state index contributed by atoms with van der Waals surface area (Å²) >= 11 is 1.59.